The lowest BCUT2D eigenvalue weighted by Crippen LogP contribution is -2.37. The smallest absolute Gasteiger partial charge is 0.264 e. The van der Waals surface area contributed by atoms with Gasteiger partial charge in [0.05, 0.1) is 11.5 Å². The molecule has 3 heterocycles. The lowest BCUT2D eigenvalue weighted by Gasteiger charge is -2.34. The molecule has 4 nitrogen and oxygen atoms in total. The lowest BCUT2D eigenvalue weighted by atomic mass is 9.88. The van der Waals surface area contributed by atoms with Gasteiger partial charge in [-0.2, -0.15) is 0 Å². The predicted molar refractivity (Wildman–Crippen MR) is 124 cm³/mol. The lowest BCUT2D eigenvalue weighted by molar-refractivity contribution is 0.0793. The van der Waals surface area contributed by atoms with Crippen molar-refractivity contribution < 1.29 is 9.53 Å². The van der Waals surface area contributed by atoms with E-state index in [1.54, 1.807) is 18.4 Å². The molecule has 0 atom stereocenters. The van der Waals surface area contributed by atoms with Gasteiger partial charge in [-0.05, 0) is 75.7 Å². The van der Waals surface area contributed by atoms with E-state index in [1.807, 2.05) is 4.90 Å². The molecule has 1 amide bonds. The van der Waals surface area contributed by atoms with Crippen molar-refractivity contribution in [2.45, 2.75) is 58.1 Å². The van der Waals surface area contributed by atoms with Crippen LogP contribution in [0.2, 0.25) is 0 Å². The molecule has 0 radical (unpaired) electrons. The molecule has 1 aromatic heterocycles. The molecular formula is C25H34N2O2S. The molecule has 2 saturated heterocycles. The average molecular weight is 427 g/mol. The molecule has 4 rings (SSSR count). The molecule has 30 heavy (non-hydrogen) atoms. The van der Waals surface area contributed by atoms with Gasteiger partial charge in [0.2, 0.25) is 0 Å². The highest BCUT2D eigenvalue weighted by Crippen LogP contribution is 2.35. The number of carbonyl (C=O) groups is 1. The van der Waals surface area contributed by atoms with Crippen LogP contribution in [0.25, 0.3) is 10.4 Å². The van der Waals surface area contributed by atoms with Gasteiger partial charge in [-0.1, -0.05) is 24.3 Å². The number of methoxy groups -OCH3 is 1. The third kappa shape index (κ3) is 4.63. The number of rotatable bonds is 6. The average Bonchev–Trinajstić information content (AvgIpc) is 3.44. The number of amides is 1. The highest BCUT2D eigenvalue weighted by atomic mass is 32.1. The highest BCUT2D eigenvalue weighted by Gasteiger charge is 2.25. The summed E-state index contributed by atoms with van der Waals surface area (Å²) in [6, 6.07) is 11.8. The van der Waals surface area contributed by atoms with Crippen molar-refractivity contribution in [1.82, 2.24) is 9.80 Å². The largest absolute Gasteiger partial charge is 0.380 e. The van der Waals surface area contributed by atoms with Crippen LogP contribution in [0, 0.1) is 0 Å². The Labute approximate surface area is 184 Å². The monoisotopic (exact) mass is 426 g/mol. The summed E-state index contributed by atoms with van der Waals surface area (Å²) in [5.41, 5.74) is 3.66. The van der Waals surface area contributed by atoms with Gasteiger partial charge in [-0.3, -0.25) is 4.79 Å². The molecule has 0 unspecified atom stereocenters. The van der Waals surface area contributed by atoms with Crippen molar-refractivity contribution >= 4 is 17.2 Å². The molecule has 0 spiro atoms. The minimum absolute atomic E-state index is 0.171. The van der Waals surface area contributed by atoms with Crippen molar-refractivity contribution in [3.05, 3.63) is 46.3 Å². The van der Waals surface area contributed by atoms with Crippen molar-refractivity contribution in [3.8, 4) is 10.4 Å². The summed E-state index contributed by atoms with van der Waals surface area (Å²) in [6.07, 6.45) is 4.70. The Hall–Kier alpha value is -1.69. The highest BCUT2D eigenvalue weighted by molar-refractivity contribution is 7.17. The van der Waals surface area contributed by atoms with Crippen LogP contribution in [0.1, 0.15) is 66.2 Å². The van der Waals surface area contributed by atoms with E-state index < -0.39 is 0 Å². The van der Waals surface area contributed by atoms with Gasteiger partial charge < -0.3 is 14.5 Å². The van der Waals surface area contributed by atoms with Gasteiger partial charge in [-0.15, -0.1) is 11.3 Å². The summed E-state index contributed by atoms with van der Waals surface area (Å²) >= 11 is 1.61. The number of likely N-dealkylation sites (tertiary alicyclic amines) is 2. The number of benzene rings is 1. The van der Waals surface area contributed by atoms with E-state index in [9.17, 15) is 4.79 Å². The SMILES string of the molecule is COCc1cc(-c2ccc(C3CCN(C(C)C)CC3)cc2)sc1C(=O)N1CCCC1. The van der Waals surface area contributed by atoms with Crippen molar-refractivity contribution in [1.29, 1.82) is 0 Å². The summed E-state index contributed by atoms with van der Waals surface area (Å²) in [4.78, 5) is 19.6. The van der Waals surface area contributed by atoms with Gasteiger partial charge in [0, 0.05) is 36.7 Å². The van der Waals surface area contributed by atoms with Crippen molar-refractivity contribution in [2.24, 2.45) is 0 Å². The molecule has 0 bridgehead atoms. The minimum atomic E-state index is 0.171. The summed E-state index contributed by atoms with van der Waals surface area (Å²) in [6.45, 7) is 9.20. The maximum atomic E-state index is 13.0. The minimum Gasteiger partial charge on any atom is -0.380 e. The van der Waals surface area contributed by atoms with Gasteiger partial charge >= 0.3 is 0 Å². The van der Waals surface area contributed by atoms with E-state index >= 15 is 0 Å². The zero-order chi connectivity index (χ0) is 21.1. The van der Waals surface area contributed by atoms with Gasteiger partial charge in [0.25, 0.3) is 5.91 Å². The summed E-state index contributed by atoms with van der Waals surface area (Å²) in [5.74, 6) is 0.832. The first-order valence-electron chi connectivity index (χ1n) is 11.3. The van der Waals surface area contributed by atoms with E-state index in [4.69, 9.17) is 4.74 Å². The number of carbonyl (C=O) groups excluding carboxylic acids is 1. The molecular weight excluding hydrogens is 392 g/mol. The van der Waals surface area contributed by atoms with Gasteiger partial charge in [-0.25, -0.2) is 0 Å². The van der Waals surface area contributed by atoms with E-state index in [-0.39, 0.29) is 5.91 Å². The Balaban J connectivity index is 1.50. The van der Waals surface area contributed by atoms with Crippen molar-refractivity contribution in [2.75, 3.05) is 33.3 Å². The first-order chi connectivity index (χ1) is 14.6. The number of hydrogen-bond donors (Lipinski definition) is 0. The second-order valence-electron chi connectivity index (χ2n) is 8.92. The van der Waals surface area contributed by atoms with Crippen LogP contribution in [0.3, 0.4) is 0 Å². The van der Waals surface area contributed by atoms with E-state index in [0.29, 0.717) is 18.6 Å². The molecule has 0 saturated carbocycles. The van der Waals surface area contributed by atoms with E-state index in [1.165, 1.54) is 37.1 Å². The fourth-order valence-electron chi connectivity index (χ4n) is 4.75. The van der Waals surface area contributed by atoms with Crippen molar-refractivity contribution in [3.63, 3.8) is 0 Å². The number of nitrogens with zero attached hydrogens (tertiary/aromatic N) is 2. The Kier molecular flexibility index (Phi) is 6.91. The molecule has 2 aromatic rings. The van der Waals surface area contributed by atoms with Crippen LogP contribution in [0.15, 0.2) is 30.3 Å². The fraction of sp³-hybridized carbons (Fsp3) is 0.560. The number of ether oxygens (including phenoxy) is 1. The third-order valence-electron chi connectivity index (χ3n) is 6.62. The van der Waals surface area contributed by atoms with Crippen LogP contribution in [0.4, 0.5) is 0 Å². The fourth-order valence-corrected chi connectivity index (χ4v) is 5.89. The predicted octanol–water partition coefficient (Wildman–Crippen LogP) is 5.39. The molecule has 0 N–H and O–H groups in total. The molecule has 162 valence electrons. The van der Waals surface area contributed by atoms with Gasteiger partial charge in [0.1, 0.15) is 0 Å². The van der Waals surface area contributed by atoms with E-state index in [0.717, 1.165) is 41.2 Å². The maximum Gasteiger partial charge on any atom is 0.264 e. The zero-order valence-corrected chi connectivity index (χ0v) is 19.3. The summed E-state index contributed by atoms with van der Waals surface area (Å²) in [7, 11) is 1.70. The Morgan fingerprint density at radius 1 is 1.10 bits per heavy atom. The van der Waals surface area contributed by atoms with Crippen LogP contribution < -0.4 is 0 Å². The summed E-state index contributed by atoms with van der Waals surface area (Å²) in [5, 5.41) is 0. The number of hydrogen-bond acceptors (Lipinski definition) is 4. The quantitative estimate of drug-likeness (QED) is 0.621. The van der Waals surface area contributed by atoms with E-state index in [2.05, 4.69) is 49.1 Å². The molecule has 2 fully saturated rings. The van der Waals surface area contributed by atoms with Crippen LogP contribution in [-0.4, -0.2) is 55.0 Å². The Morgan fingerprint density at radius 2 is 1.77 bits per heavy atom. The molecule has 0 aliphatic carbocycles. The second-order valence-corrected chi connectivity index (χ2v) is 9.98. The Morgan fingerprint density at radius 3 is 2.37 bits per heavy atom. The molecule has 5 heteroatoms. The molecule has 1 aromatic carbocycles. The standard InChI is InChI=1S/C25H34N2O2S/c1-18(2)26-14-10-20(11-15-26)19-6-8-21(9-7-19)23-16-22(17-29-3)24(30-23)25(28)27-12-4-5-13-27/h6-9,16,18,20H,4-5,10-15,17H2,1-3H3. The zero-order valence-electron chi connectivity index (χ0n) is 18.5. The summed E-state index contributed by atoms with van der Waals surface area (Å²) < 4.78 is 5.39. The van der Waals surface area contributed by atoms with Crippen LogP contribution in [0.5, 0.6) is 0 Å². The first-order valence-corrected chi connectivity index (χ1v) is 12.1. The molecule has 2 aliphatic heterocycles. The Bertz CT molecular complexity index is 845. The van der Waals surface area contributed by atoms with Crippen LogP contribution >= 0.6 is 11.3 Å². The second kappa shape index (κ2) is 9.63. The number of thiophene rings is 1. The topological polar surface area (TPSA) is 32.8 Å². The first kappa shape index (κ1) is 21.5. The maximum absolute atomic E-state index is 13.0. The third-order valence-corrected chi connectivity index (χ3v) is 7.84. The van der Waals surface area contributed by atoms with Crippen LogP contribution in [-0.2, 0) is 11.3 Å². The number of piperidine rings is 1. The molecule has 2 aliphatic rings. The normalized spacial score (nSPS) is 18.5. The van der Waals surface area contributed by atoms with Gasteiger partial charge in [0.15, 0.2) is 0 Å².